The average Bonchev–Trinajstić information content (AvgIpc) is 2.96. The first-order valence-electron chi connectivity index (χ1n) is 12.1. The van der Waals surface area contributed by atoms with E-state index in [1.54, 1.807) is 36.4 Å². The topological polar surface area (TPSA) is 65.7 Å². The van der Waals surface area contributed by atoms with Crippen molar-refractivity contribution in [2.45, 2.75) is 12.8 Å². The molecule has 6 nitrogen and oxygen atoms in total. The number of nitrogens with zero attached hydrogens (tertiary/aromatic N) is 3. The van der Waals surface area contributed by atoms with E-state index in [9.17, 15) is 18.0 Å². The van der Waals surface area contributed by atoms with Crippen LogP contribution in [0.1, 0.15) is 16.7 Å². The van der Waals surface area contributed by atoms with Crippen LogP contribution >= 0.6 is 31.9 Å². The molecule has 208 valence electrons. The van der Waals surface area contributed by atoms with Crippen molar-refractivity contribution in [3.05, 3.63) is 121 Å². The highest BCUT2D eigenvalue weighted by atomic mass is 79.9. The molecule has 0 radical (unpaired) electrons. The lowest BCUT2D eigenvalue weighted by Gasteiger charge is -2.13. The summed E-state index contributed by atoms with van der Waals surface area (Å²) in [4.78, 5) is 17.9. The van der Waals surface area contributed by atoms with Crippen LogP contribution < -0.4 is 15.0 Å². The standard InChI is InChI=1S/C30H20Br2F3N3O3/c1-40-26-14-20(24(32)15-27(26)41-17-18-9-11-22(31)12-10-18)16-36-38-28(19-5-4-6-21(13-19)30(33,34)35)37-25-8-3-2-7-23(25)29(38)39/h2-16H,17H2,1H3. The molecule has 0 aliphatic carbocycles. The summed E-state index contributed by atoms with van der Waals surface area (Å²) in [5, 5.41) is 4.64. The Morgan fingerprint density at radius 1 is 0.951 bits per heavy atom. The fourth-order valence-corrected chi connectivity index (χ4v) is 4.73. The second-order valence-electron chi connectivity index (χ2n) is 8.83. The first kappa shape index (κ1) is 28.6. The number of benzene rings is 4. The van der Waals surface area contributed by atoms with Crippen molar-refractivity contribution < 1.29 is 22.6 Å². The average molecular weight is 687 g/mol. The van der Waals surface area contributed by atoms with E-state index in [0.717, 1.165) is 26.8 Å². The lowest BCUT2D eigenvalue weighted by Crippen LogP contribution is -2.20. The molecule has 1 aromatic heterocycles. The number of halogens is 5. The smallest absolute Gasteiger partial charge is 0.416 e. The van der Waals surface area contributed by atoms with Crippen LogP contribution in [0.15, 0.2) is 104 Å². The van der Waals surface area contributed by atoms with Gasteiger partial charge in [0.05, 0.1) is 29.8 Å². The van der Waals surface area contributed by atoms with Crippen LogP contribution in [-0.2, 0) is 12.8 Å². The Morgan fingerprint density at radius 2 is 1.71 bits per heavy atom. The minimum Gasteiger partial charge on any atom is -0.493 e. The Hall–Kier alpha value is -3.96. The van der Waals surface area contributed by atoms with Crippen LogP contribution in [0.3, 0.4) is 0 Å². The molecule has 0 N–H and O–H groups in total. The quantitative estimate of drug-likeness (QED) is 0.163. The van der Waals surface area contributed by atoms with Gasteiger partial charge in [-0.1, -0.05) is 52.3 Å². The van der Waals surface area contributed by atoms with Gasteiger partial charge in [-0.25, -0.2) is 4.98 Å². The molecule has 0 spiro atoms. The molecule has 0 bridgehead atoms. The number of ether oxygens (including phenoxy) is 2. The molecule has 0 saturated carbocycles. The van der Waals surface area contributed by atoms with Gasteiger partial charge in [-0.05, 0) is 70.0 Å². The van der Waals surface area contributed by atoms with Crippen molar-refractivity contribution in [2.24, 2.45) is 5.10 Å². The zero-order chi connectivity index (χ0) is 29.1. The number of fused-ring (bicyclic) bond motifs is 1. The molecular formula is C30H20Br2F3N3O3. The molecule has 0 aliphatic heterocycles. The van der Waals surface area contributed by atoms with Gasteiger partial charge in [0, 0.05) is 20.1 Å². The second-order valence-corrected chi connectivity index (χ2v) is 10.6. The Kier molecular flexibility index (Phi) is 8.27. The molecule has 0 fully saturated rings. The van der Waals surface area contributed by atoms with Crippen molar-refractivity contribution in [1.82, 2.24) is 9.66 Å². The summed E-state index contributed by atoms with van der Waals surface area (Å²) in [5.74, 6) is 0.871. The minimum atomic E-state index is -4.57. The highest BCUT2D eigenvalue weighted by Crippen LogP contribution is 2.34. The van der Waals surface area contributed by atoms with Crippen LogP contribution in [0.5, 0.6) is 11.5 Å². The maximum atomic E-state index is 13.5. The molecule has 5 aromatic rings. The van der Waals surface area contributed by atoms with E-state index >= 15 is 0 Å². The predicted octanol–water partition coefficient (Wildman–Crippen LogP) is 8.08. The summed E-state index contributed by atoms with van der Waals surface area (Å²) in [5.41, 5.74) is 0.533. The monoisotopic (exact) mass is 685 g/mol. The van der Waals surface area contributed by atoms with E-state index < -0.39 is 17.3 Å². The molecule has 5 rings (SSSR count). The molecule has 0 unspecified atom stereocenters. The van der Waals surface area contributed by atoms with Gasteiger partial charge in [0.25, 0.3) is 5.56 Å². The van der Waals surface area contributed by atoms with Gasteiger partial charge < -0.3 is 9.47 Å². The van der Waals surface area contributed by atoms with E-state index in [1.165, 1.54) is 25.5 Å². The van der Waals surface area contributed by atoms with E-state index in [4.69, 9.17) is 9.47 Å². The maximum absolute atomic E-state index is 13.5. The first-order valence-corrected chi connectivity index (χ1v) is 13.7. The number of alkyl halides is 3. The van der Waals surface area contributed by atoms with Crippen LogP contribution in [0, 0.1) is 0 Å². The highest BCUT2D eigenvalue weighted by Gasteiger charge is 2.31. The van der Waals surface area contributed by atoms with Gasteiger partial charge in [-0.15, -0.1) is 0 Å². The fourth-order valence-electron chi connectivity index (χ4n) is 4.04. The molecule has 11 heteroatoms. The molecule has 4 aromatic carbocycles. The lowest BCUT2D eigenvalue weighted by molar-refractivity contribution is -0.137. The molecule has 0 amide bonds. The van der Waals surface area contributed by atoms with Crippen LogP contribution in [0.25, 0.3) is 22.3 Å². The van der Waals surface area contributed by atoms with Crippen molar-refractivity contribution >= 4 is 49.0 Å². The Balaban J connectivity index is 1.55. The molecule has 41 heavy (non-hydrogen) atoms. The number of methoxy groups -OCH3 is 1. The summed E-state index contributed by atoms with van der Waals surface area (Å²) in [6.45, 7) is 0.308. The van der Waals surface area contributed by atoms with Gasteiger partial charge >= 0.3 is 6.18 Å². The van der Waals surface area contributed by atoms with Crippen LogP contribution in [-0.4, -0.2) is 23.0 Å². The molecule has 0 saturated heterocycles. The molecule has 0 atom stereocenters. The van der Waals surface area contributed by atoms with Crippen molar-refractivity contribution in [1.29, 1.82) is 0 Å². The predicted molar refractivity (Wildman–Crippen MR) is 159 cm³/mol. The van der Waals surface area contributed by atoms with Gasteiger partial charge in [-0.2, -0.15) is 22.9 Å². The highest BCUT2D eigenvalue weighted by molar-refractivity contribution is 9.10. The van der Waals surface area contributed by atoms with Gasteiger partial charge in [0.1, 0.15) is 6.61 Å². The Labute approximate surface area is 249 Å². The summed E-state index contributed by atoms with van der Waals surface area (Å²) in [6.07, 6.45) is -3.16. The summed E-state index contributed by atoms with van der Waals surface area (Å²) in [7, 11) is 1.50. The third-order valence-corrected chi connectivity index (χ3v) is 7.32. The number of para-hydroxylation sites is 1. The Bertz CT molecular complexity index is 1820. The van der Waals surface area contributed by atoms with Crippen LogP contribution in [0.2, 0.25) is 0 Å². The van der Waals surface area contributed by atoms with Gasteiger partial charge in [-0.3, -0.25) is 4.79 Å². The Morgan fingerprint density at radius 3 is 2.44 bits per heavy atom. The summed E-state index contributed by atoms with van der Waals surface area (Å²) >= 11 is 6.92. The second kappa shape index (κ2) is 11.9. The van der Waals surface area contributed by atoms with Crippen molar-refractivity contribution in [2.75, 3.05) is 7.11 Å². The largest absolute Gasteiger partial charge is 0.493 e. The summed E-state index contributed by atoms with van der Waals surface area (Å²) in [6, 6.07) is 22.3. The van der Waals surface area contributed by atoms with E-state index in [-0.39, 0.29) is 16.8 Å². The third kappa shape index (κ3) is 6.36. The number of aromatic nitrogens is 2. The normalized spacial score (nSPS) is 11.8. The van der Waals surface area contributed by atoms with E-state index in [2.05, 4.69) is 41.9 Å². The number of hydrogen-bond donors (Lipinski definition) is 0. The maximum Gasteiger partial charge on any atom is 0.416 e. The molecular weight excluding hydrogens is 667 g/mol. The van der Waals surface area contributed by atoms with Crippen molar-refractivity contribution in [3.8, 4) is 22.9 Å². The van der Waals surface area contributed by atoms with E-state index in [1.807, 2.05) is 24.3 Å². The van der Waals surface area contributed by atoms with Gasteiger partial charge in [0.2, 0.25) is 0 Å². The minimum absolute atomic E-state index is 0.0337. The zero-order valence-corrected chi connectivity index (χ0v) is 24.5. The zero-order valence-electron chi connectivity index (χ0n) is 21.3. The van der Waals surface area contributed by atoms with Crippen LogP contribution in [0.4, 0.5) is 13.2 Å². The van der Waals surface area contributed by atoms with E-state index in [0.29, 0.717) is 33.7 Å². The molecule has 1 heterocycles. The lowest BCUT2D eigenvalue weighted by atomic mass is 10.1. The summed E-state index contributed by atoms with van der Waals surface area (Å²) < 4.78 is 54.4. The molecule has 0 aliphatic rings. The fraction of sp³-hybridized carbons (Fsp3) is 0.100. The third-order valence-electron chi connectivity index (χ3n) is 6.10. The number of rotatable bonds is 7. The van der Waals surface area contributed by atoms with Gasteiger partial charge in [0.15, 0.2) is 17.3 Å². The van der Waals surface area contributed by atoms with Crippen molar-refractivity contribution in [3.63, 3.8) is 0 Å². The number of hydrogen-bond acceptors (Lipinski definition) is 5. The SMILES string of the molecule is COc1cc(C=Nn2c(-c3cccc(C(F)(F)F)c3)nc3ccccc3c2=O)c(Br)cc1OCc1ccc(Br)cc1. The first-order chi connectivity index (χ1) is 19.6.